The van der Waals surface area contributed by atoms with E-state index in [1.165, 1.54) is 0 Å². The molecule has 0 aliphatic carbocycles. The van der Waals surface area contributed by atoms with Gasteiger partial charge in [-0.1, -0.05) is 93.5 Å². The van der Waals surface area contributed by atoms with E-state index < -0.39 is 5.92 Å². The van der Waals surface area contributed by atoms with Crippen molar-refractivity contribution in [3.63, 3.8) is 0 Å². The van der Waals surface area contributed by atoms with Gasteiger partial charge in [0.25, 0.3) is 0 Å². The minimum absolute atomic E-state index is 0. The number of carbonyl (C=O) groups excluding carboxylic acids is 4. The van der Waals surface area contributed by atoms with E-state index in [4.69, 9.17) is 40.2 Å². The molecule has 0 saturated carbocycles. The van der Waals surface area contributed by atoms with Crippen molar-refractivity contribution < 1.29 is 80.4 Å². The van der Waals surface area contributed by atoms with Crippen molar-refractivity contribution in [2.45, 2.75) is 103 Å². The number of hydrogen-bond acceptors (Lipinski definition) is 14. The van der Waals surface area contributed by atoms with E-state index in [0.717, 1.165) is 63.1 Å². The summed E-state index contributed by atoms with van der Waals surface area (Å²) < 4.78 is 48.4. The van der Waals surface area contributed by atoms with Gasteiger partial charge >= 0.3 is 5.97 Å². The summed E-state index contributed by atoms with van der Waals surface area (Å²) in [4.78, 5) is 58.3. The molecule has 0 saturated heterocycles. The smallest absolute Gasteiger partial charge is 0.314 e. The normalized spacial score (nSPS) is 11.3. The maximum atomic E-state index is 13.0. The number of hydrogen-bond donors (Lipinski definition) is 6. The van der Waals surface area contributed by atoms with Gasteiger partial charge < -0.3 is 71.7 Å². The van der Waals surface area contributed by atoms with E-state index >= 15 is 0 Å². The Hall–Kier alpha value is -2.59. The molecule has 28 heteroatoms. The van der Waals surface area contributed by atoms with E-state index in [2.05, 4.69) is 68.2 Å². The number of esters is 1. The van der Waals surface area contributed by atoms with Crippen LogP contribution in [0.5, 0.6) is 5.75 Å². The third-order valence-corrected chi connectivity index (χ3v) is 14.0. The van der Waals surface area contributed by atoms with Gasteiger partial charge in [-0.05, 0) is 104 Å². The summed E-state index contributed by atoms with van der Waals surface area (Å²) in [5, 5.41) is 11.0. The van der Waals surface area contributed by atoms with Crippen LogP contribution in [0.2, 0.25) is 0 Å². The first kappa shape index (κ1) is 97.5. The molecular formula is C53H99Cl4F5N10O5S4. The van der Waals surface area contributed by atoms with Gasteiger partial charge in [-0.2, -0.15) is 0 Å². The predicted octanol–water partition coefficient (Wildman–Crippen LogP) is 4.89. The van der Waals surface area contributed by atoms with Crippen molar-refractivity contribution in [2.75, 3.05) is 100 Å². The second-order valence-corrected chi connectivity index (χ2v) is 24.3. The summed E-state index contributed by atoms with van der Waals surface area (Å²) in [6.07, 6.45) is 5.84. The van der Waals surface area contributed by atoms with Crippen molar-refractivity contribution in [2.24, 2.45) is 40.9 Å². The highest BCUT2D eigenvalue weighted by Crippen LogP contribution is 2.29. The Bertz CT molecular complexity index is 1840. The molecule has 81 heavy (non-hydrogen) atoms. The topological polar surface area (TPSA) is 217 Å². The number of alkyl halides is 1. The number of halogens is 9. The summed E-state index contributed by atoms with van der Waals surface area (Å²) in [6, 6.07) is 21.1. The fourth-order valence-corrected chi connectivity index (χ4v) is 8.92. The third-order valence-electron chi connectivity index (χ3n) is 9.43. The lowest BCUT2D eigenvalue weighted by Gasteiger charge is -2.26. The Morgan fingerprint density at radius 1 is 0.593 bits per heavy atom. The Balaban J connectivity index is -0.000000134. The molecule has 0 aliphatic heterocycles. The minimum atomic E-state index is -0.406. The molecule has 9 N–H and O–H groups in total. The lowest BCUT2D eigenvalue weighted by molar-refractivity contribution is -0.869. The number of carbonyl (C=O) groups is 4. The molecule has 4 atom stereocenters. The number of aromatic nitrogens is 2. The second-order valence-electron chi connectivity index (χ2n) is 19.5. The average molecular weight is 1320 g/mol. The zero-order valence-electron chi connectivity index (χ0n) is 50.1. The molecule has 2 aromatic heterocycles. The Kier molecular flexibility index (Phi) is 78.2. The highest BCUT2D eigenvalue weighted by molar-refractivity contribution is 8.77. The quantitative estimate of drug-likeness (QED) is 0.0158. The van der Waals surface area contributed by atoms with E-state index in [1.54, 1.807) is 67.7 Å². The number of nitrogens with one attached hydrogen (secondary N) is 3. The molecule has 0 spiro atoms. The number of benzene rings is 1. The third kappa shape index (κ3) is 66.4. The molecular weight excluding hydrogens is 1220 g/mol. The molecule has 478 valence electrons. The number of pyridine rings is 2. The molecule has 3 amide bonds. The van der Waals surface area contributed by atoms with Crippen LogP contribution in [-0.2, 0) is 19.2 Å². The molecule has 3 rings (SSSR count). The van der Waals surface area contributed by atoms with Gasteiger partial charge in [-0.3, -0.25) is 23.6 Å². The van der Waals surface area contributed by atoms with Gasteiger partial charge in [-0.25, -0.2) is 9.97 Å². The van der Waals surface area contributed by atoms with Gasteiger partial charge in [0.15, 0.2) is 0 Å². The van der Waals surface area contributed by atoms with E-state index in [0.29, 0.717) is 51.3 Å². The maximum Gasteiger partial charge on any atom is 0.314 e. The van der Waals surface area contributed by atoms with Crippen molar-refractivity contribution in [3.8, 4) is 5.75 Å². The Morgan fingerprint density at radius 3 is 1.41 bits per heavy atom. The highest BCUT2D eigenvalue weighted by Gasteiger charge is 2.30. The van der Waals surface area contributed by atoms with Gasteiger partial charge in [0, 0.05) is 85.6 Å². The van der Waals surface area contributed by atoms with E-state index in [9.17, 15) is 23.6 Å². The molecule has 0 bridgehead atoms. The number of likely N-dealkylation sites (N-methyl/N-ethyl adjacent to an activating group) is 2. The summed E-state index contributed by atoms with van der Waals surface area (Å²) in [7, 11) is 19.8. The van der Waals surface area contributed by atoms with Crippen LogP contribution in [0.4, 0.5) is 22.7 Å². The summed E-state index contributed by atoms with van der Waals surface area (Å²) in [5.74, 6) is 0.972. The number of nitrogens with zero attached hydrogens (tertiary/aromatic N) is 4. The molecule has 2 heterocycles. The number of quaternary nitrogens is 2. The molecule has 4 unspecified atom stereocenters. The monoisotopic (exact) mass is 1320 g/mol. The summed E-state index contributed by atoms with van der Waals surface area (Å²) in [5.41, 5.74) is 15.7. The van der Waals surface area contributed by atoms with Gasteiger partial charge in [0.2, 0.25) is 17.7 Å². The SMILES string of the molecule is CC(C)N.CCC(C)C(=O)Oc1ccccc1.CCC(CC(CC(C)C(=O)NCC[N+](C)(C)C)C(=O)NC(C)C)C(=O)NCCSSc1ccccn1.CF.C[N+](C)(C)CCN.Cl.Cl.FF.FF.NCCSSc1ccccn1.[Cl-].[Cl-]. The summed E-state index contributed by atoms with van der Waals surface area (Å²) >= 11 is 0. The number of para-hydroxylation sites is 1. The largest absolute Gasteiger partial charge is 1.00 e. The lowest BCUT2D eigenvalue weighted by atomic mass is 9.85. The number of rotatable bonds is 26. The molecule has 15 nitrogen and oxygen atoms in total. The first-order chi connectivity index (χ1) is 36.4. The van der Waals surface area contributed by atoms with Crippen molar-refractivity contribution in [1.29, 1.82) is 0 Å². The molecule has 0 aliphatic rings. The molecule has 1 aromatic carbocycles. The van der Waals surface area contributed by atoms with Crippen LogP contribution >= 0.6 is 68.0 Å². The Labute approximate surface area is 523 Å². The number of nitrogens with two attached hydrogens (primary N) is 3. The number of amides is 3. The fourth-order valence-electron chi connectivity index (χ4n) is 5.40. The van der Waals surface area contributed by atoms with E-state index in [-0.39, 0.29) is 97.1 Å². The first-order valence-electron chi connectivity index (χ1n) is 25.4. The Morgan fingerprint density at radius 2 is 1.04 bits per heavy atom. The molecule has 0 fully saturated rings. The fraction of sp³-hybridized carbons (Fsp3) is 0.623. The summed E-state index contributed by atoms with van der Waals surface area (Å²) in [6.45, 7) is 19.9. The van der Waals surface area contributed by atoms with Gasteiger partial charge in [-0.15, -0.1) is 24.8 Å². The van der Waals surface area contributed by atoms with Crippen LogP contribution in [0.1, 0.15) is 81.1 Å². The minimum Gasteiger partial charge on any atom is -1.00 e. The predicted molar refractivity (Wildman–Crippen MR) is 331 cm³/mol. The van der Waals surface area contributed by atoms with Crippen molar-refractivity contribution in [1.82, 2.24) is 25.9 Å². The number of ether oxygens (including phenoxy) is 1. The van der Waals surface area contributed by atoms with Crippen LogP contribution < -0.4 is 62.7 Å². The highest BCUT2D eigenvalue weighted by atomic mass is 35.5. The van der Waals surface area contributed by atoms with E-state index in [1.807, 2.05) is 110 Å². The van der Waals surface area contributed by atoms with Crippen LogP contribution in [-0.4, -0.2) is 155 Å². The van der Waals surface area contributed by atoms with Crippen molar-refractivity contribution in [3.05, 3.63) is 79.1 Å². The maximum absolute atomic E-state index is 13.0. The average Bonchev–Trinajstić information content (AvgIpc) is 3.39. The van der Waals surface area contributed by atoms with Crippen LogP contribution in [0, 0.1) is 23.7 Å². The van der Waals surface area contributed by atoms with Crippen molar-refractivity contribution >= 4 is 91.7 Å². The van der Waals surface area contributed by atoms with Crippen LogP contribution in [0.15, 0.2) is 89.2 Å². The standard InChI is InChI=1S/C26H45N5O3S2.C11H14O2.C7H10N2S2.C5H15N2.C3H9N.CH3F.4ClH.2F2/c1-8-21(25(33)29-14-16-35-36-23-11-9-10-12-27-23)18-22(26(34)30-19(2)3)17-20(4)24(32)28-13-15-31(5,6)7;1-3-9(2)11(12)13-10-7-5-4-6-8-10;8-4-6-10-11-7-3-1-2-5-9-7;1-7(2,3)5-4-6;1-3(2)4;1-2;;;;;2*1-2/h9-12,19-22H,8,13-18H2,1-7H3,(H2-,28,29,30,32,33,34);4-9H,3H2,1-2H3;1-3,5H,4,6,8H2;4-6H2,1-3H3;3H,4H2,1-2H3;1H3;4*1H;;/q;;;+1;;;;;;;;/p-1. The first-order valence-corrected chi connectivity index (χ1v) is 30.0. The molecule has 3 aromatic rings. The zero-order valence-corrected chi connectivity index (χ0v) is 56.5. The van der Waals surface area contributed by atoms with Crippen LogP contribution in [0.25, 0.3) is 0 Å². The van der Waals surface area contributed by atoms with Gasteiger partial charge in [0.1, 0.15) is 15.8 Å². The van der Waals surface area contributed by atoms with Gasteiger partial charge in [0.05, 0.1) is 75.0 Å². The zero-order chi connectivity index (χ0) is 60.3. The second kappa shape index (κ2) is 65.0. The lowest BCUT2D eigenvalue weighted by Crippen LogP contribution is -3.00. The van der Waals surface area contributed by atoms with Crippen LogP contribution in [0.3, 0.4) is 0 Å². The molecule has 0 radical (unpaired) electrons.